The molecule has 3 rings (SSSR count). The Morgan fingerprint density at radius 3 is 2.70 bits per heavy atom. The minimum Gasteiger partial charge on any atom is -0.482 e. The van der Waals surface area contributed by atoms with E-state index in [2.05, 4.69) is 0 Å². The maximum absolute atomic E-state index is 12.3. The number of carbonyl (C=O) groups is 1. The Bertz CT molecular complexity index is 762. The fourth-order valence-corrected chi connectivity index (χ4v) is 2.82. The third kappa shape index (κ3) is 3.29. The highest BCUT2D eigenvalue weighted by molar-refractivity contribution is 6.42. The smallest absolute Gasteiger partial charge is 0.265 e. The second-order valence-corrected chi connectivity index (χ2v) is 6.35. The average Bonchev–Trinajstić information content (AvgIpc) is 2.53. The molecule has 1 aliphatic heterocycles. The molecule has 2 N–H and O–H groups in total. The zero-order chi connectivity index (χ0) is 16.6. The minimum absolute atomic E-state index is 0.0197. The number of hydrogen-bond acceptors (Lipinski definition) is 3. The van der Waals surface area contributed by atoms with E-state index in [1.165, 1.54) is 0 Å². The number of rotatable bonds is 3. The van der Waals surface area contributed by atoms with Gasteiger partial charge < -0.3 is 15.4 Å². The van der Waals surface area contributed by atoms with E-state index in [0.29, 0.717) is 22.3 Å². The zero-order valence-electron chi connectivity index (χ0n) is 12.6. The molecule has 0 saturated carbocycles. The fourth-order valence-electron chi connectivity index (χ4n) is 2.50. The standard InChI is InChI=1S/C17H16Cl2N2O2/c1-10(20)12-3-5-16-15(7-12)21(17(22)9-23-16)8-11-2-4-13(18)14(19)6-11/h2-7,10H,8-9,20H2,1H3. The first-order valence-electron chi connectivity index (χ1n) is 7.22. The van der Waals surface area contributed by atoms with E-state index >= 15 is 0 Å². The number of halogens is 2. The van der Waals surface area contributed by atoms with Crippen molar-refractivity contribution < 1.29 is 9.53 Å². The number of amides is 1. The normalized spacial score (nSPS) is 15.1. The molecule has 1 heterocycles. The van der Waals surface area contributed by atoms with Gasteiger partial charge in [0.25, 0.3) is 5.91 Å². The summed E-state index contributed by atoms with van der Waals surface area (Å²) in [6, 6.07) is 10.9. The van der Waals surface area contributed by atoms with Gasteiger partial charge in [0.15, 0.2) is 6.61 Å². The molecule has 23 heavy (non-hydrogen) atoms. The van der Waals surface area contributed by atoms with Crippen molar-refractivity contribution >= 4 is 34.8 Å². The van der Waals surface area contributed by atoms with Crippen molar-refractivity contribution in [3.63, 3.8) is 0 Å². The molecule has 6 heteroatoms. The quantitative estimate of drug-likeness (QED) is 0.911. The largest absolute Gasteiger partial charge is 0.482 e. The number of anilines is 1. The van der Waals surface area contributed by atoms with Crippen LogP contribution in [-0.4, -0.2) is 12.5 Å². The van der Waals surface area contributed by atoms with E-state index in [1.807, 2.05) is 31.2 Å². The number of nitrogens with zero attached hydrogens (tertiary/aromatic N) is 1. The van der Waals surface area contributed by atoms with Gasteiger partial charge in [0.1, 0.15) is 5.75 Å². The lowest BCUT2D eigenvalue weighted by molar-refractivity contribution is -0.121. The number of hydrogen-bond donors (Lipinski definition) is 1. The Kier molecular flexibility index (Phi) is 4.48. The minimum atomic E-state index is -0.121. The summed E-state index contributed by atoms with van der Waals surface area (Å²) >= 11 is 12.0. The number of fused-ring (bicyclic) bond motifs is 1. The highest BCUT2D eigenvalue weighted by Crippen LogP contribution is 2.35. The topological polar surface area (TPSA) is 55.6 Å². The average molecular weight is 351 g/mol. The lowest BCUT2D eigenvalue weighted by Gasteiger charge is -2.30. The predicted octanol–water partition coefficient (Wildman–Crippen LogP) is 3.94. The molecule has 0 spiro atoms. The van der Waals surface area contributed by atoms with Crippen LogP contribution in [0.2, 0.25) is 10.0 Å². The maximum atomic E-state index is 12.3. The Hall–Kier alpha value is -1.75. The van der Waals surface area contributed by atoms with Gasteiger partial charge in [0, 0.05) is 6.04 Å². The van der Waals surface area contributed by atoms with Crippen LogP contribution in [0.3, 0.4) is 0 Å². The van der Waals surface area contributed by atoms with E-state index < -0.39 is 0 Å². The number of nitrogens with two attached hydrogens (primary N) is 1. The Labute approximate surface area is 144 Å². The molecule has 0 bridgehead atoms. The van der Waals surface area contributed by atoms with Crippen molar-refractivity contribution in [1.82, 2.24) is 0 Å². The van der Waals surface area contributed by atoms with Crippen molar-refractivity contribution in [2.24, 2.45) is 5.73 Å². The Morgan fingerprint density at radius 1 is 1.22 bits per heavy atom. The highest BCUT2D eigenvalue weighted by Gasteiger charge is 2.26. The molecule has 1 unspecified atom stereocenters. The number of carbonyl (C=O) groups excluding carboxylic acids is 1. The molecule has 0 aromatic heterocycles. The number of benzene rings is 2. The van der Waals surface area contributed by atoms with E-state index in [9.17, 15) is 4.79 Å². The summed E-state index contributed by atoms with van der Waals surface area (Å²) in [5.41, 5.74) is 8.50. The van der Waals surface area contributed by atoms with Gasteiger partial charge in [0.2, 0.25) is 0 Å². The van der Waals surface area contributed by atoms with Crippen molar-refractivity contribution in [3.8, 4) is 5.75 Å². The van der Waals surface area contributed by atoms with E-state index in [1.54, 1.807) is 17.0 Å². The van der Waals surface area contributed by atoms with Crippen molar-refractivity contribution in [2.75, 3.05) is 11.5 Å². The molecule has 0 saturated heterocycles. The summed E-state index contributed by atoms with van der Waals surface area (Å²) in [7, 11) is 0. The summed E-state index contributed by atoms with van der Waals surface area (Å²) in [6.07, 6.45) is 0. The molecule has 0 fully saturated rings. The third-order valence-corrected chi connectivity index (χ3v) is 4.52. The molecule has 0 radical (unpaired) electrons. The van der Waals surface area contributed by atoms with Crippen LogP contribution in [0.25, 0.3) is 0 Å². The summed E-state index contributed by atoms with van der Waals surface area (Å²) in [5.74, 6) is 0.569. The van der Waals surface area contributed by atoms with Crippen LogP contribution in [0.1, 0.15) is 24.1 Å². The summed E-state index contributed by atoms with van der Waals surface area (Å²) in [6.45, 7) is 2.32. The Balaban J connectivity index is 1.97. The van der Waals surface area contributed by atoms with Crippen LogP contribution in [0.5, 0.6) is 5.75 Å². The van der Waals surface area contributed by atoms with E-state index in [4.69, 9.17) is 33.7 Å². The van der Waals surface area contributed by atoms with Crippen LogP contribution >= 0.6 is 23.2 Å². The summed E-state index contributed by atoms with van der Waals surface area (Å²) < 4.78 is 5.50. The van der Waals surface area contributed by atoms with Gasteiger partial charge in [-0.25, -0.2) is 0 Å². The molecule has 1 atom stereocenters. The van der Waals surface area contributed by atoms with Crippen LogP contribution in [0.4, 0.5) is 5.69 Å². The lowest BCUT2D eigenvalue weighted by Crippen LogP contribution is -2.38. The first-order valence-corrected chi connectivity index (χ1v) is 7.98. The molecule has 120 valence electrons. The molecule has 4 nitrogen and oxygen atoms in total. The van der Waals surface area contributed by atoms with Gasteiger partial charge in [-0.15, -0.1) is 0 Å². The SMILES string of the molecule is CC(N)c1ccc2c(c1)N(Cc1ccc(Cl)c(Cl)c1)C(=O)CO2. The third-order valence-electron chi connectivity index (χ3n) is 3.78. The van der Waals surface area contributed by atoms with E-state index in [0.717, 1.165) is 16.8 Å². The van der Waals surface area contributed by atoms with Gasteiger partial charge in [0.05, 0.1) is 22.3 Å². The second kappa shape index (κ2) is 6.40. The molecular weight excluding hydrogens is 335 g/mol. The van der Waals surface area contributed by atoms with Crippen molar-refractivity contribution in [1.29, 1.82) is 0 Å². The van der Waals surface area contributed by atoms with Gasteiger partial charge >= 0.3 is 0 Å². The molecular formula is C17H16Cl2N2O2. The van der Waals surface area contributed by atoms with Crippen LogP contribution in [-0.2, 0) is 11.3 Å². The van der Waals surface area contributed by atoms with Crippen LogP contribution < -0.4 is 15.4 Å². The second-order valence-electron chi connectivity index (χ2n) is 5.53. The number of ether oxygens (including phenoxy) is 1. The van der Waals surface area contributed by atoms with E-state index in [-0.39, 0.29) is 18.6 Å². The van der Waals surface area contributed by atoms with Crippen LogP contribution in [0, 0.1) is 0 Å². The highest BCUT2D eigenvalue weighted by atomic mass is 35.5. The maximum Gasteiger partial charge on any atom is 0.265 e. The van der Waals surface area contributed by atoms with Gasteiger partial charge in [-0.2, -0.15) is 0 Å². The molecule has 1 aliphatic rings. The first kappa shape index (κ1) is 16.1. The lowest BCUT2D eigenvalue weighted by atomic mass is 10.1. The predicted molar refractivity (Wildman–Crippen MR) is 92.2 cm³/mol. The van der Waals surface area contributed by atoms with Gasteiger partial charge in [-0.1, -0.05) is 35.3 Å². The monoisotopic (exact) mass is 350 g/mol. The van der Waals surface area contributed by atoms with Crippen LogP contribution in [0.15, 0.2) is 36.4 Å². The zero-order valence-corrected chi connectivity index (χ0v) is 14.1. The Morgan fingerprint density at radius 2 is 2.00 bits per heavy atom. The molecule has 2 aromatic rings. The molecule has 1 amide bonds. The molecule has 0 aliphatic carbocycles. The van der Waals surface area contributed by atoms with Gasteiger partial charge in [-0.3, -0.25) is 4.79 Å². The van der Waals surface area contributed by atoms with Crippen molar-refractivity contribution in [2.45, 2.75) is 19.5 Å². The van der Waals surface area contributed by atoms with Gasteiger partial charge in [-0.05, 0) is 42.3 Å². The summed E-state index contributed by atoms with van der Waals surface area (Å²) in [4.78, 5) is 14.0. The summed E-state index contributed by atoms with van der Waals surface area (Å²) in [5, 5.41) is 0.956. The first-order chi connectivity index (χ1) is 11.0. The fraction of sp³-hybridized carbons (Fsp3) is 0.235. The molecule has 2 aromatic carbocycles. The van der Waals surface area contributed by atoms with Crippen molar-refractivity contribution in [3.05, 3.63) is 57.6 Å².